The van der Waals surface area contributed by atoms with E-state index in [0.29, 0.717) is 11.3 Å². The van der Waals surface area contributed by atoms with Gasteiger partial charge in [-0.05, 0) is 24.3 Å². The van der Waals surface area contributed by atoms with Crippen molar-refractivity contribution in [2.45, 2.75) is 11.5 Å². The van der Waals surface area contributed by atoms with E-state index in [-0.39, 0.29) is 11.5 Å². The van der Waals surface area contributed by atoms with Crippen molar-refractivity contribution in [3.05, 3.63) is 65.8 Å². The number of ether oxygens (including phenoxy) is 1. The number of halogens is 1. The number of carbonyl (C=O) groups excluding carboxylic acids is 2. The topological polar surface area (TPSA) is 49.9 Å². The van der Waals surface area contributed by atoms with Gasteiger partial charge in [0.05, 0.1) is 18.7 Å². The lowest BCUT2D eigenvalue weighted by Gasteiger charge is -2.34. The summed E-state index contributed by atoms with van der Waals surface area (Å²) >= 11 is 0. The molecule has 2 atom stereocenters. The van der Waals surface area contributed by atoms with Crippen LogP contribution in [0, 0.1) is 5.82 Å². The second kappa shape index (κ2) is 4.80. The van der Waals surface area contributed by atoms with Crippen molar-refractivity contribution in [2.75, 3.05) is 19.1 Å². The van der Waals surface area contributed by atoms with Crippen LogP contribution in [0.15, 0.2) is 54.4 Å². The van der Waals surface area contributed by atoms with Crippen molar-refractivity contribution < 1.29 is 18.7 Å². The molecule has 0 saturated carbocycles. The Hall–Kier alpha value is -2.89. The number of carbonyl (C=O) groups is 2. The molecule has 4 rings (SSSR count). The van der Waals surface area contributed by atoms with E-state index < -0.39 is 23.2 Å². The van der Waals surface area contributed by atoms with Gasteiger partial charge in [-0.15, -0.1) is 0 Å². The van der Waals surface area contributed by atoms with Crippen LogP contribution >= 0.6 is 0 Å². The van der Waals surface area contributed by atoms with E-state index >= 15 is 0 Å². The molecule has 1 unspecified atom stereocenters. The van der Waals surface area contributed by atoms with E-state index in [1.807, 2.05) is 18.2 Å². The highest BCUT2D eigenvalue weighted by Crippen LogP contribution is 2.53. The normalized spacial score (nSPS) is 26.7. The van der Waals surface area contributed by atoms with Gasteiger partial charge in [-0.25, -0.2) is 9.18 Å². The third kappa shape index (κ3) is 1.57. The lowest BCUT2D eigenvalue weighted by molar-refractivity contribution is -0.138. The number of anilines is 1. The summed E-state index contributed by atoms with van der Waals surface area (Å²) in [5.74, 6) is -1.31. The molecule has 5 nitrogen and oxygen atoms in total. The minimum absolute atomic E-state index is 0.215. The molecule has 1 aromatic rings. The summed E-state index contributed by atoms with van der Waals surface area (Å²) in [6, 6.07) is 3.78. The molecule has 0 aromatic heterocycles. The highest BCUT2D eigenvalue weighted by molar-refractivity contribution is 6.16. The van der Waals surface area contributed by atoms with Gasteiger partial charge >= 0.3 is 5.97 Å². The Bertz CT molecular complexity index is 858. The third-order valence-corrected chi connectivity index (χ3v) is 4.92. The molecule has 122 valence electrons. The molecule has 3 aliphatic rings. The highest BCUT2D eigenvalue weighted by atomic mass is 19.1. The zero-order chi connectivity index (χ0) is 17.1. The number of methoxy groups -OCH3 is 1. The first-order chi connectivity index (χ1) is 11.5. The van der Waals surface area contributed by atoms with Crippen LogP contribution in [-0.4, -0.2) is 37.0 Å². The van der Waals surface area contributed by atoms with Gasteiger partial charge in [-0.2, -0.15) is 0 Å². The van der Waals surface area contributed by atoms with Gasteiger partial charge in [-0.3, -0.25) is 4.79 Å². The van der Waals surface area contributed by atoms with Crippen LogP contribution in [0.2, 0.25) is 0 Å². The Morgan fingerprint density at radius 2 is 2.12 bits per heavy atom. The molecular weight excluding hydrogens is 311 g/mol. The fourth-order valence-electron chi connectivity index (χ4n) is 3.89. The van der Waals surface area contributed by atoms with Crippen molar-refractivity contribution in [1.29, 1.82) is 0 Å². The summed E-state index contributed by atoms with van der Waals surface area (Å²) in [5.41, 5.74) is -0.00641. The molecule has 0 aliphatic carbocycles. The first kappa shape index (κ1) is 14.7. The van der Waals surface area contributed by atoms with E-state index in [1.165, 1.54) is 24.1 Å². The Morgan fingerprint density at radius 3 is 2.88 bits per heavy atom. The highest BCUT2D eigenvalue weighted by Gasteiger charge is 2.63. The molecule has 3 aliphatic heterocycles. The summed E-state index contributed by atoms with van der Waals surface area (Å²) in [6.07, 6.45) is 8.88. The molecule has 0 fully saturated rings. The van der Waals surface area contributed by atoms with E-state index in [2.05, 4.69) is 0 Å². The summed E-state index contributed by atoms with van der Waals surface area (Å²) in [4.78, 5) is 29.0. The average Bonchev–Trinajstić information content (AvgIpc) is 3.05. The summed E-state index contributed by atoms with van der Waals surface area (Å²) in [7, 11) is 2.91. The third-order valence-electron chi connectivity index (χ3n) is 4.92. The smallest absolute Gasteiger partial charge is 0.336 e. The van der Waals surface area contributed by atoms with Crippen LogP contribution in [0.1, 0.15) is 5.56 Å². The van der Waals surface area contributed by atoms with Gasteiger partial charge in [-0.1, -0.05) is 12.2 Å². The molecule has 3 heterocycles. The molecular formula is C18H15FN2O3. The fourth-order valence-corrected chi connectivity index (χ4v) is 3.89. The Morgan fingerprint density at radius 1 is 1.33 bits per heavy atom. The molecule has 1 aromatic carbocycles. The SMILES string of the molecule is COC(=O)C1=CN2C=CC=CC2[C@]12C(=O)N(C)c1ccc(F)cc12. The maximum absolute atomic E-state index is 14.0. The minimum atomic E-state index is -1.31. The van der Waals surface area contributed by atoms with Crippen LogP contribution in [0.25, 0.3) is 0 Å². The number of benzene rings is 1. The monoisotopic (exact) mass is 326 g/mol. The summed E-state index contributed by atoms with van der Waals surface area (Å²) in [5, 5.41) is 0. The Kier molecular flexibility index (Phi) is 2.94. The second-order valence-electron chi connectivity index (χ2n) is 5.99. The number of hydrogen-bond donors (Lipinski definition) is 0. The fraction of sp³-hybridized carbons (Fsp3) is 0.222. The summed E-state index contributed by atoms with van der Waals surface area (Å²) in [6.45, 7) is 0. The van der Waals surface area contributed by atoms with Crippen molar-refractivity contribution >= 4 is 17.6 Å². The van der Waals surface area contributed by atoms with Crippen molar-refractivity contribution in [3.8, 4) is 0 Å². The van der Waals surface area contributed by atoms with E-state index in [4.69, 9.17) is 4.74 Å². The van der Waals surface area contributed by atoms with E-state index in [9.17, 15) is 14.0 Å². The predicted octanol–water partition coefficient (Wildman–Crippen LogP) is 1.86. The number of amides is 1. The van der Waals surface area contributed by atoms with Gasteiger partial charge in [0.15, 0.2) is 0 Å². The molecule has 1 spiro atoms. The molecule has 6 heteroatoms. The van der Waals surface area contributed by atoms with Crippen LogP contribution in [0.5, 0.6) is 0 Å². The van der Waals surface area contributed by atoms with Crippen LogP contribution < -0.4 is 4.90 Å². The summed E-state index contributed by atoms with van der Waals surface area (Å²) < 4.78 is 18.9. The van der Waals surface area contributed by atoms with Crippen LogP contribution in [-0.2, 0) is 19.7 Å². The standard InChI is InChI=1S/C18H15FN2O3/c1-20-14-7-6-11(19)9-12(14)18(17(20)23)13(16(22)24-2)10-21-8-4-3-5-15(18)21/h3-10,15H,1-2H3/t15?,18-/m1/s1. The van der Waals surface area contributed by atoms with Gasteiger partial charge in [0.2, 0.25) is 5.91 Å². The number of esters is 1. The number of rotatable bonds is 1. The minimum Gasteiger partial charge on any atom is -0.466 e. The van der Waals surface area contributed by atoms with E-state index in [1.54, 1.807) is 30.4 Å². The van der Waals surface area contributed by atoms with Crippen LogP contribution in [0.3, 0.4) is 0 Å². The molecule has 0 N–H and O–H groups in total. The van der Waals surface area contributed by atoms with Gasteiger partial charge in [0.25, 0.3) is 0 Å². The number of fused-ring (bicyclic) bond motifs is 4. The van der Waals surface area contributed by atoms with Crippen LogP contribution in [0.4, 0.5) is 10.1 Å². The van der Waals surface area contributed by atoms with Crippen molar-refractivity contribution in [2.24, 2.45) is 0 Å². The number of allylic oxidation sites excluding steroid dienone is 2. The number of nitrogens with zero attached hydrogens (tertiary/aromatic N) is 2. The number of likely N-dealkylation sites (N-methyl/N-ethyl adjacent to an activating group) is 1. The van der Waals surface area contributed by atoms with Gasteiger partial charge in [0.1, 0.15) is 11.2 Å². The zero-order valence-electron chi connectivity index (χ0n) is 13.2. The predicted molar refractivity (Wildman–Crippen MR) is 85.5 cm³/mol. The second-order valence-corrected chi connectivity index (χ2v) is 5.99. The quantitative estimate of drug-likeness (QED) is 0.739. The van der Waals surface area contributed by atoms with Gasteiger partial charge < -0.3 is 14.5 Å². The van der Waals surface area contributed by atoms with Crippen molar-refractivity contribution in [3.63, 3.8) is 0 Å². The molecule has 0 radical (unpaired) electrons. The van der Waals surface area contributed by atoms with Crippen molar-refractivity contribution in [1.82, 2.24) is 4.90 Å². The van der Waals surface area contributed by atoms with Gasteiger partial charge in [0, 0.05) is 30.7 Å². The van der Waals surface area contributed by atoms with E-state index in [0.717, 1.165) is 0 Å². The lowest BCUT2D eigenvalue weighted by atomic mass is 9.70. The maximum Gasteiger partial charge on any atom is 0.336 e. The maximum atomic E-state index is 14.0. The molecule has 0 saturated heterocycles. The first-order valence-electron chi connectivity index (χ1n) is 7.53. The average molecular weight is 326 g/mol. The molecule has 0 bridgehead atoms. The Balaban J connectivity index is 2.04. The zero-order valence-corrected chi connectivity index (χ0v) is 13.2. The largest absolute Gasteiger partial charge is 0.466 e. The molecule has 24 heavy (non-hydrogen) atoms. The first-order valence-corrected chi connectivity index (χ1v) is 7.53. The lowest BCUT2D eigenvalue weighted by Crippen LogP contribution is -2.50. The molecule has 1 amide bonds. The Labute approximate surface area is 138 Å². The number of hydrogen-bond acceptors (Lipinski definition) is 4.